The van der Waals surface area contributed by atoms with Gasteiger partial charge in [0.05, 0.1) is 5.69 Å². The fraction of sp³-hybridized carbons (Fsp3) is 0.125. The van der Waals surface area contributed by atoms with Crippen LogP contribution in [-0.4, -0.2) is 5.91 Å². The van der Waals surface area contributed by atoms with E-state index in [9.17, 15) is 4.79 Å². The monoisotopic (exact) mass is 295 g/mol. The summed E-state index contributed by atoms with van der Waals surface area (Å²) in [5, 5.41) is 3.31. The Morgan fingerprint density at radius 3 is 2.83 bits per heavy atom. The standard InChI is InChI=1S/C8H7ClINO/c1-5(12)11-8-4-6(9)2-3-7(8)10/h2-4H,1H3,(H,11,12). The van der Waals surface area contributed by atoms with E-state index in [1.165, 1.54) is 6.92 Å². The van der Waals surface area contributed by atoms with Gasteiger partial charge >= 0.3 is 0 Å². The van der Waals surface area contributed by atoms with Crippen molar-refractivity contribution in [2.24, 2.45) is 0 Å². The number of rotatable bonds is 1. The number of benzene rings is 1. The Hall–Kier alpha value is -0.290. The highest BCUT2D eigenvalue weighted by Gasteiger charge is 2.01. The topological polar surface area (TPSA) is 29.1 Å². The van der Waals surface area contributed by atoms with Gasteiger partial charge in [-0.2, -0.15) is 0 Å². The molecule has 0 heterocycles. The summed E-state index contributed by atoms with van der Waals surface area (Å²) in [6.07, 6.45) is 0. The van der Waals surface area contributed by atoms with Crippen molar-refractivity contribution in [2.45, 2.75) is 6.92 Å². The van der Waals surface area contributed by atoms with Gasteiger partial charge in [0, 0.05) is 15.5 Å². The van der Waals surface area contributed by atoms with E-state index in [2.05, 4.69) is 27.9 Å². The molecule has 0 aromatic heterocycles. The van der Waals surface area contributed by atoms with Crippen LogP contribution in [0, 0.1) is 3.57 Å². The molecule has 0 aliphatic heterocycles. The first kappa shape index (κ1) is 9.80. The van der Waals surface area contributed by atoms with Crippen molar-refractivity contribution in [1.82, 2.24) is 0 Å². The molecule has 0 fully saturated rings. The molecule has 1 aromatic rings. The highest BCUT2D eigenvalue weighted by atomic mass is 127. The average molecular weight is 296 g/mol. The van der Waals surface area contributed by atoms with Crippen LogP contribution in [0.3, 0.4) is 0 Å². The van der Waals surface area contributed by atoms with Crippen molar-refractivity contribution in [3.05, 3.63) is 26.8 Å². The van der Waals surface area contributed by atoms with E-state index in [1.807, 2.05) is 6.07 Å². The van der Waals surface area contributed by atoms with Crippen LogP contribution in [0.5, 0.6) is 0 Å². The Morgan fingerprint density at radius 1 is 1.58 bits per heavy atom. The van der Waals surface area contributed by atoms with Crippen LogP contribution < -0.4 is 5.32 Å². The first-order valence-electron chi connectivity index (χ1n) is 3.32. The van der Waals surface area contributed by atoms with Crippen LogP contribution in [0.2, 0.25) is 5.02 Å². The molecule has 4 heteroatoms. The Balaban J connectivity index is 2.97. The third-order valence-electron chi connectivity index (χ3n) is 1.24. The fourth-order valence-corrected chi connectivity index (χ4v) is 1.43. The summed E-state index contributed by atoms with van der Waals surface area (Å²) < 4.78 is 0.979. The fourth-order valence-electron chi connectivity index (χ4n) is 0.783. The normalized spacial score (nSPS) is 9.58. The Morgan fingerprint density at radius 2 is 2.25 bits per heavy atom. The SMILES string of the molecule is CC(=O)Nc1cc(Cl)ccc1I. The van der Waals surface area contributed by atoms with Crippen molar-refractivity contribution >= 4 is 45.8 Å². The third kappa shape index (κ3) is 2.64. The molecule has 0 atom stereocenters. The maximum Gasteiger partial charge on any atom is 0.221 e. The van der Waals surface area contributed by atoms with Crippen molar-refractivity contribution in [1.29, 1.82) is 0 Å². The van der Waals surface area contributed by atoms with Gasteiger partial charge in [-0.05, 0) is 40.8 Å². The molecule has 0 saturated carbocycles. The summed E-state index contributed by atoms with van der Waals surface area (Å²) in [7, 11) is 0. The zero-order chi connectivity index (χ0) is 9.14. The van der Waals surface area contributed by atoms with Crippen LogP contribution in [-0.2, 0) is 4.79 Å². The minimum absolute atomic E-state index is 0.0878. The number of hydrogen-bond acceptors (Lipinski definition) is 1. The molecule has 12 heavy (non-hydrogen) atoms. The molecule has 0 aliphatic rings. The van der Waals surface area contributed by atoms with E-state index in [4.69, 9.17) is 11.6 Å². The van der Waals surface area contributed by atoms with Gasteiger partial charge in [-0.3, -0.25) is 4.79 Å². The highest BCUT2D eigenvalue weighted by molar-refractivity contribution is 14.1. The molecule has 0 radical (unpaired) electrons. The summed E-state index contributed by atoms with van der Waals surface area (Å²) in [5.41, 5.74) is 0.760. The lowest BCUT2D eigenvalue weighted by molar-refractivity contribution is -0.114. The number of hydrogen-bond donors (Lipinski definition) is 1. The van der Waals surface area contributed by atoms with Gasteiger partial charge in [0.25, 0.3) is 0 Å². The smallest absolute Gasteiger partial charge is 0.221 e. The van der Waals surface area contributed by atoms with Crippen LogP contribution in [0.25, 0.3) is 0 Å². The Labute approximate surface area is 89.4 Å². The zero-order valence-corrected chi connectivity index (χ0v) is 9.31. The first-order chi connectivity index (χ1) is 5.59. The van der Waals surface area contributed by atoms with E-state index in [-0.39, 0.29) is 5.91 Å². The minimum atomic E-state index is -0.0878. The Kier molecular flexibility index (Phi) is 3.34. The predicted molar refractivity (Wildman–Crippen MR) is 58.5 cm³/mol. The summed E-state index contributed by atoms with van der Waals surface area (Å²) in [6, 6.07) is 5.37. The van der Waals surface area contributed by atoms with Gasteiger partial charge in [0.1, 0.15) is 0 Å². The number of carbonyl (C=O) groups is 1. The molecule has 64 valence electrons. The summed E-state index contributed by atoms with van der Waals surface area (Å²) in [6.45, 7) is 1.47. The van der Waals surface area contributed by atoms with E-state index in [0.717, 1.165) is 9.26 Å². The van der Waals surface area contributed by atoms with Crippen molar-refractivity contribution in [3.8, 4) is 0 Å². The molecule has 1 amide bonds. The predicted octanol–water partition coefficient (Wildman–Crippen LogP) is 2.90. The summed E-state index contributed by atoms with van der Waals surface area (Å²) >= 11 is 7.88. The van der Waals surface area contributed by atoms with E-state index in [1.54, 1.807) is 12.1 Å². The van der Waals surface area contributed by atoms with E-state index < -0.39 is 0 Å². The van der Waals surface area contributed by atoms with Crippen molar-refractivity contribution in [2.75, 3.05) is 5.32 Å². The third-order valence-corrected chi connectivity index (χ3v) is 2.41. The van der Waals surface area contributed by atoms with Gasteiger partial charge in [-0.15, -0.1) is 0 Å². The zero-order valence-electron chi connectivity index (χ0n) is 6.40. The lowest BCUT2D eigenvalue weighted by Crippen LogP contribution is -2.06. The average Bonchev–Trinajstić information content (AvgIpc) is 1.96. The molecule has 0 spiro atoms. The van der Waals surface area contributed by atoms with Gasteiger partial charge in [-0.1, -0.05) is 11.6 Å². The molecule has 1 N–H and O–H groups in total. The summed E-state index contributed by atoms with van der Waals surface area (Å²) in [5.74, 6) is -0.0878. The number of halogens is 2. The summed E-state index contributed by atoms with van der Waals surface area (Å²) in [4.78, 5) is 10.7. The molecule has 0 saturated heterocycles. The number of nitrogens with one attached hydrogen (secondary N) is 1. The van der Waals surface area contributed by atoms with Crippen LogP contribution in [0.15, 0.2) is 18.2 Å². The molecule has 2 nitrogen and oxygen atoms in total. The number of amides is 1. The highest BCUT2D eigenvalue weighted by Crippen LogP contribution is 2.22. The van der Waals surface area contributed by atoms with Gasteiger partial charge < -0.3 is 5.32 Å². The van der Waals surface area contributed by atoms with E-state index in [0.29, 0.717) is 5.02 Å². The molecule has 0 aliphatic carbocycles. The lowest BCUT2D eigenvalue weighted by Gasteiger charge is -2.04. The maximum absolute atomic E-state index is 10.7. The first-order valence-corrected chi connectivity index (χ1v) is 4.78. The minimum Gasteiger partial charge on any atom is -0.325 e. The second kappa shape index (κ2) is 4.09. The maximum atomic E-state index is 10.7. The van der Waals surface area contributed by atoms with Gasteiger partial charge in [0.15, 0.2) is 0 Å². The Bertz CT molecular complexity index is 314. The molecule has 0 unspecified atom stereocenters. The van der Waals surface area contributed by atoms with Crippen LogP contribution in [0.1, 0.15) is 6.92 Å². The second-order valence-corrected chi connectivity index (χ2v) is 3.90. The van der Waals surface area contributed by atoms with Crippen molar-refractivity contribution in [3.63, 3.8) is 0 Å². The number of carbonyl (C=O) groups excluding carboxylic acids is 1. The molecular formula is C8H7ClINO. The molecular weight excluding hydrogens is 288 g/mol. The van der Waals surface area contributed by atoms with Crippen LogP contribution in [0.4, 0.5) is 5.69 Å². The second-order valence-electron chi connectivity index (χ2n) is 2.31. The lowest BCUT2D eigenvalue weighted by atomic mass is 10.3. The van der Waals surface area contributed by atoms with E-state index >= 15 is 0 Å². The molecule has 1 rings (SSSR count). The van der Waals surface area contributed by atoms with Crippen LogP contribution >= 0.6 is 34.2 Å². The quantitative estimate of drug-likeness (QED) is 0.793. The largest absolute Gasteiger partial charge is 0.325 e. The molecule has 1 aromatic carbocycles. The van der Waals surface area contributed by atoms with Gasteiger partial charge in [-0.25, -0.2) is 0 Å². The number of anilines is 1. The van der Waals surface area contributed by atoms with Crippen molar-refractivity contribution < 1.29 is 4.79 Å². The molecule has 0 bridgehead atoms. The van der Waals surface area contributed by atoms with Gasteiger partial charge in [0.2, 0.25) is 5.91 Å².